The summed E-state index contributed by atoms with van der Waals surface area (Å²) in [5.74, 6) is 0. The number of nitrogens with zero attached hydrogens (tertiary/aromatic N) is 5. The van der Waals surface area contributed by atoms with Gasteiger partial charge in [0.1, 0.15) is 0 Å². The molecule has 0 atom stereocenters. The number of non-ortho nitro benzene ring substituents is 1. The van der Waals surface area contributed by atoms with Crippen LogP contribution in [0, 0.1) is 24.0 Å². The van der Waals surface area contributed by atoms with Crippen LogP contribution in [-0.4, -0.2) is 67.8 Å². The van der Waals surface area contributed by atoms with Gasteiger partial charge in [0.05, 0.1) is 40.1 Å². The molecular weight excluding hydrogens is 506 g/mol. The number of ether oxygens (including phenoxy) is 1. The van der Waals surface area contributed by atoms with Gasteiger partial charge in [0.15, 0.2) is 0 Å². The van der Waals surface area contributed by atoms with E-state index in [1.54, 1.807) is 30.5 Å². The molecule has 3 aromatic rings. The predicted molar refractivity (Wildman–Crippen MR) is 147 cm³/mol. The maximum atomic E-state index is 13.5. The van der Waals surface area contributed by atoms with E-state index in [2.05, 4.69) is 14.5 Å². The Bertz CT molecular complexity index is 1470. The molecule has 0 spiro atoms. The second-order valence-electron chi connectivity index (χ2n) is 9.55. The molecule has 200 valence electrons. The number of nitro benzene ring substituents is 1. The van der Waals surface area contributed by atoms with E-state index in [1.807, 2.05) is 26.0 Å². The highest BCUT2D eigenvalue weighted by Crippen LogP contribution is 2.34. The predicted octanol–water partition coefficient (Wildman–Crippen LogP) is 4.37. The summed E-state index contributed by atoms with van der Waals surface area (Å²) in [6.07, 6.45) is 3.94. The fourth-order valence-corrected chi connectivity index (χ4v) is 6.53. The molecule has 0 aliphatic carbocycles. The Labute approximate surface area is 222 Å². The molecule has 2 fully saturated rings. The fraction of sp³-hybridized carbons (Fsp3) is 0.370. The molecule has 2 aliphatic heterocycles. The number of morpholine rings is 1. The van der Waals surface area contributed by atoms with E-state index in [4.69, 9.17) is 4.74 Å². The fourth-order valence-electron chi connectivity index (χ4n) is 5.10. The standard InChI is InChI=1S/C27H31N5O5S/c1-20-17-22(19-28-23-5-7-24(8-6-23)32(33)34)21(2)31(20)27-18-25(9-10-26(27)29-11-3-4-12-29)38(35,36)30-13-15-37-16-14-30/h5-10,17-19H,3-4,11-16H2,1-2H3. The molecule has 2 aliphatic rings. The highest BCUT2D eigenvalue weighted by molar-refractivity contribution is 7.89. The van der Waals surface area contributed by atoms with Crippen molar-refractivity contribution in [3.05, 3.63) is 75.6 Å². The summed E-state index contributed by atoms with van der Waals surface area (Å²) in [5.41, 5.74) is 5.22. The van der Waals surface area contributed by atoms with Crippen LogP contribution in [-0.2, 0) is 14.8 Å². The molecule has 0 radical (unpaired) electrons. The molecule has 2 aromatic carbocycles. The smallest absolute Gasteiger partial charge is 0.269 e. The number of benzene rings is 2. The monoisotopic (exact) mass is 537 g/mol. The maximum absolute atomic E-state index is 13.5. The van der Waals surface area contributed by atoms with Crippen molar-refractivity contribution >= 4 is 33.3 Å². The number of hydrogen-bond donors (Lipinski definition) is 0. The van der Waals surface area contributed by atoms with Crippen LogP contribution in [0.3, 0.4) is 0 Å². The van der Waals surface area contributed by atoms with Gasteiger partial charge in [-0.2, -0.15) is 4.31 Å². The first kappa shape index (κ1) is 26.1. The van der Waals surface area contributed by atoms with Crippen molar-refractivity contribution in [2.75, 3.05) is 44.3 Å². The van der Waals surface area contributed by atoms with Gasteiger partial charge < -0.3 is 14.2 Å². The minimum Gasteiger partial charge on any atom is -0.379 e. The van der Waals surface area contributed by atoms with Gasteiger partial charge in [-0.3, -0.25) is 15.1 Å². The van der Waals surface area contributed by atoms with Gasteiger partial charge in [0, 0.05) is 61.5 Å². The van der Waals surface area contributed by atoms with Gasteiger partial charge in [-0.1, -0.05) is 0 Å². The molecule has 0 unspecified atom stereocenters. The molecule has 10 nitrogen and oxygen atoms in total. The summed E-state index contributed by atoms with van der Waals surface area (Å²) in [6.45, 7) is 7.31. The molecule has 2 saturated heterocycles. The zero-order valence-electron chi connectivity index (χ0n) is 21.5. The zero-order valence-corrected chi connectivity index (χ0v) is 22.4. The number of aryl methyl sites for hydroxylation is 1. The summed E-state index contributed by atoms with van der Waals surface area (Å²) in [7, 11) is -3.66. The molecule has 0 bridgehead atoms. The minimum absolute atomic E-state index is 0.0171. The van der Waals surface area contributed by atoms with E-state index in [0.29, 0.717) is 32.0 Å². The van der Waals surface area contributed by atoms with E-state index in [-0.39, 0.29) is 10.6 Å². The lowest BCUT2D eigenvalue weighted by atomic mass is 10.2. The highest BCUT2D eigenvalue weighted by Gasteiger charge is 2.28. The van der Waals surface area contributed by atoms with Crippen molar-refractivity contribution < 1.29 is 18.1 Å². The Balaban J connectivity index is 1.54. The molecule has 38 heavy (non-hydrogen) atoms. The first-order chi connectivity index (χ1) is 18.3. The summed E-state index contributed by atoms with van der Waals surface area (Å²) in [5, 5.41) is 10.9. The van der Waals surface area contributed by atoms with E-state index in [9.17, 15) is 18.5 Å². The number of aromatic nitrogens is 1. The Hall–Kier alpha value is -3.54. The van der Waals surface area contributed by atoms with E-state index in [0.717, 1.165) is 54.3 Å². The SMILES string of the molecule is Cc1cc(C=Nc2ccc([N+](=O)[O-])cc2)c(C)n1-c1cc(S(=O)(=O)N2CCOCC2)ccc1N1CCCC1. The number of hydrogen-bond acceptors (Lipinski definition) is 7. The van der Waals surface area contributed by atoms with Gasteiger partial charge in [0.25, 0.3) is 5.69 Å². The van der Waals surface area contributed by atoms with Crippen molar-refractivity contribution in [2.45, 2.75) is 31.6 Å². The first-order valence-corrected chi connectivity index (χ1v) is 14.1. The molecule has 5 rings (SSSR count). The zero-order chi connectivity index (χ0) is 26.9. The minimum atomic E-state index is -3.66. The largest absolute Gasteiger partial charge is 0.379 e. The van der Waals surface area contributed by atoms with Crippen molar-refractivity contribution in [2.24, 2.45) is 4.99 Å². The van der Waals surface area contributed by atoms with Gasteiger partial charge in [-0.15, -0.1) is 0 Å². The van der Waals surface area contributed by atoms with E-state index < -0.39 is 14.9 Å². The lowest BCUT2D eigenvalue weighted by Crippen LogP contribution is -2.40. The second-order valence-corrected chi connectivity index (χ2v) is 11.5. The van der Waals surface area contributed by atoms with Crippen molar-refractivity contribution in [1.82, 2.24) is 8.87 Å². The molecule has 1 aromatic heterocycles. The van der Waals surface area contributed by atoms with Crippen LogP contribution < -0.4 is 4.90 Å². The second kappa shape index (κ2) is 10.7. The molecule has 11 heteroatoms. The average molecular weight is 538 g/mol. The molecule has 0 saturated carbocycles. The van der Waals surface area contributed by atoms with Gasteiger partial charge in [-0.05, 0) is 63.1 Å². The Morgan fingerprint density at radius 2 is 1.63 bits per heavy atom. The van der Waals surface area contributed by atoms with Crippen LogP contribution >= 0.6 is 0 Å². The van der Waals surface area contributed by atoms with Gasteiger partial charge in [0.2, 0.25) is 10.0 Å². The third-order valence-electron chi connectivity index (χ3n) is 7.13. The summed E-state index contributed by atoms with van der Waals surface area (Å²) >= 11 is 0. The Morgan fingerprint density at radius 1 is 0.947 bits per heavy atom. The lowest BCUT2D eigenvalue weighted by Gasteiger charge is -2.28. The maximum Gasteiger partial charge on any atom is 0.269 e. The molecule has 0 N–H and O–H groups in total. The quantitative estimate of drug-likeness (QED) is 0.251. The topological polar surface area (TPSA) is 110 Å². The van der Waals surface area contributed by atoms with Crippen LogP contribution in [0.15, 0.2) is 58.4 Å². The van der Waals surface area contributed by atoms with Crippen LogP contribution in [0.2, 0.25) is 0 Å². The van der Waals surface area contributed by atoms with E-state index in [1.165, 1.54) is 16.4 Å². The van der Waals surface area contributed by atoms with E-state index >= 15 is 0 Å². The van der Waals surface area contributed by atoms with Crippen molar-refractivity contribution in [3.8, 4) is 5.69 Å². The van der Waals surface area contributed by atoms with Crippen LogP contribution in [0.25, 0.3) is 5.69 Å². The van der Waals surface area contributed by atoms with Crippen LogP contribution in [0.4, 0.5) is 17.1 Å². The number of anilines is 1. The normalized spacial score (nSPS) is 16.9. The first-order valence-electron chi connectivity index (χ1n) is 12.7. The molecule has 0 amide bonds. The van der Waals surface area contributed by atoms with Crippen LogP contribution in [0.1, 0.15) is 29.8 Å². The number of rotatable bonds is 7. The molecule has 3 heterocycles. The summed E-state index contributed by atoms with van der Waals surface area (Å²) in [6, 6.07) is 13.5. The van der Waals surface area contributed by atoms with Crippen molar-refractivity contribution in [1.29, 1.82) is 0 Å². The number of nitro groups is 1. The van der Waals surface area contributed by atoms with Crippen LogP contribution in [0.5, 0.6) is 0 Å². The Kier molecular flexibility index (Phi) is 7.33. The number of sulfonamides is 1. The number of aliphatic imine (C=N–C) groups is 1. The van der Waals surface area contributed by atoms with Gasteiger partial charge >= 0.3 is 0 Å². The third-order valence-corrected chi connectivity index (χ3v) is 9.02. The summed E-state index contributed by atoms with van der Waals surface area (Å²) in [4.78, 5) is 17.6. The third kappa shape index (κ3) is 5.09. The Morgan fingerprint density at radius 3 is 2.29 bits per heavy atom. The lowest BCUT2D eigenvalue weighted by molar-refractivity contribution is -0.384. The van der Waals surface area contributed by atoms with Gasteiger partial charge in [-0.25, -0.2) is 8.42 Å². The average Bonchev–Trinajstić information content (AvgIpc) is 3.55. The molecular formula is C27H31N5O5S. The highest BCUT2D eigenvalue weighted by atomic mass is 32.2. The summed E-state index contributed by atoms with van der Waals surface area (Å²) < 4.78 is 35.9. The van der Waals surface area contributed by atoms with Crippen molar-refractivity contribution in [3.63, 3.8) is 0 Å².